The van der Waals surface area contributed by atoms with Gasteiger partial charge in [0.25, 0.3) is 0 Å². The Morgan fingerprint density at radius 1 is 1.23 bits per heavy atom. The zero-order chi connectivity index (χ0) is 8.44. The Bertz CT molecular complexity index is 257. The van der Waals surface area contributed by atoms with Crippen LogP contribution in [0.15, 0.2) is 30.3 Å². The van der Waals surface area contributed by atoms with E-state index in [1.807, 2.05) is 30.3 Å². The standard InChI is InChI=1S/C10H13NO.ClH/c12-10(6-7-11-8-10)9-4-2-1-3-5-9;/h1-5,11-12H,6-8H2;1H. The summed E-state index contributed by atoms with van der Waals surface area (Å²) < 4.78 is 0. The van der Waals surface area contributed by atoms with Crippen molar-refractivity contribution in [3.8, 4) is 0 Å². The zero-order valence-electron chi connectivity index (χ0n) is 7.36. The molecule has 0 saturated carbocycles. The quantitative estimate of drug-likeness (QED) is 0.715. The number of halogens is 1. The summed E-state index contributed by atoms with van der Waals surface area (Å²) in [5.41, 5.74) is 0.399. The zero-order valence-corrected chi connectivity index (χ0v) is 8.18. The van der Waals surface area contributed by atoms with Gasteiger partial charge in [-0.2, -0.15) is 0 Å². The molecule has 0 radical (unpaired) electrons. The summed E-state index contributed by atoms with van der Waals surface area (Å²) in [4.78, 5) is 0. The van der Waals surface area contributed by atoms with Crippen molar-refractivity contribution >= 4 is 12.4 Å². The van der Waals surface area contributed by atoms with Crippen LogP contribution < -0.4 is 5.32 Å². The van der Waals surface area contributed by atoms with Gasteiger partial charge in [0.15, 0.2) is 0 Å². The topological polar surface area (TPSA) is 32.3 Å². The lowest BCUT2D eigenvalue weighted by molar-refractivity contribution is 0.0587. The van der Waals surface area contributed by atoms with Gasteiger partial charge in [-0.3, -0.25) is 0 Å². The van der Waals surface area contributed by atoms with E-state index < -0.39 is 5.60 Å². The first-order valence-electron chi connectivity index (χ1n) is 4.30. The molecule has 0 spiro atoms. The number of aliphatic hydroxyl groups is 1. The molecule has 0 aliphatic carbocycles. The van der Waals surface area contributed by atoms with Crippen LogP contribution in [0.5, 0.6) is 0 Å². The van der Waals surface area contributed by atoms with Crippen LogP contribution >= 0.6 is 12.4 Å². The highest BCUT2D eigenvalue weighted by molar-refractivity contribution is 5.85. The summed E-state index contributed by atoms with van der Waals surface area (Å²) in [6, 6.07) is 9.85. The SMILES string of the molecule is Cl.OC1(c2ccccc2)CCNC1. The number of hydrogen-bond acceptors (Lipinski definition) is 2. The first-order valence-corrected chi connectivity index (χ1v) is 4.30. The Kier molecular flexibility index (Phi) is 3.31. The first kappa shape index (κ1) is 10.5. The largest absolute Gasteiger partial charge is 0.384 e. The van der Waals surface area contributed by atoms with Gasteiger partial charge >= 0.3 is 0 Å². The predicted octanol–water partition coefficient (Wildman–Crippen LogP) is 1.29. The molecule has 0 aromatic heterocycles. The van der Waals surface area contributed by atoms with Crippen molar-refractivity contribution in [1.82, 2.24) is 5.32 Å². The third kappa shape index (κ3) is 2.02. The van der Waals surface area contributed by atoms with Crippen molar-refractivity contribution in [2.75, 3.05) is 13.1 Å². The molecule has 1 aliphatic rings. The minimum Gasteiger partial charge on any atom is -0.384 e. The molecule has 3 heteroatoms. The lowest BCUT2D eigenvalue weighted by Crippen LogP contribution is -2.27. The molecule has 1 saturated heterocycles. The molecule has 1 atom stereocenters. The highest BCUT2D eigenvalue weighted by Gasteiger charge is 2.32. The second kappa shape index (κ2) is 4.09. The molecule has 0 amide bonds. The number of β-amino-alcohol motifs (C(OH)–C–C–N with tert-alkyl or cyclic N) is 1. The minimum absolute atomic E-state index is 0. The van der Waals surface area contributed by atoms with E-state index in [1.54, 1.807) is 0 Å². The Hall–Kier alpha value is -0.570. The van der Waals surface area contributed by atoms with E-state index >= 15 is 0 Å². The van der Waals surface area contributed by atoms with Crippen LogP contribution in [-0.2, 0) is 5.60 Å². The Morgan fingerprint density at radius 2 is 1.92 bits per heavy atom. The number of hydrogen-bond donors (Lipinski definition) is 2. The van der Waals surface area contributed by atoms with Gasteiger partial charge in [-0.05, 0) is 18.5 Å². The molecule has 2 N–H and O–H groups in total. The Morgan fingerprint density at radius 3 is 2.46 bits per heavy atom. The van der Waals surface area contributed by atoms with E-state index in [-0.39, 0.29) is 12.4 Å². The second-order valence-electron chi connectivity index (χ2n) is 3.32. The third-order valence-corrected chi connectivity index (χ3v) is 2.44. The van der Waals surface area contributed by atoms with Crippen LogP contribution in [0.25, 0.3) is 0 Å². The van der Waals surface area contributed by atoms with Crippen LogP contribution in [0.1, 0.15) is 12.0 Å². The van der Waals surface area contributed by atoms with Gasteiger partial charge in [0, 0.05) is 6.54 Å². The molecule has 13 heavy (non-hydrogen) atoms. The van der Waals surface area contributed by atoms with Crippen LogP contribution in [0, 0.1) is 0 Å². The van der Waals surface area contributed by atoms with E-state index in [0.29, 0.717) is 6.54 Å². The van der Waals surface area contributed by atoms with Crippen molar-refractivity contribution in [3.05, 3.63) is 35.9 Å². The number of rotatable bonds is 1. The lowest BCUT2D eigenvalue weighted by Gasteiger charge is -2.21. The average Bonchev–Trinajstić information content (AvgIpc) is 2.55. The predicted molar refractivity (Wildman–Crippen MR) is 55.1 cm³/mol. The van der Waals surface area contributed by atoms with Crippen LogP contribution in [0.4, 0.5) is 0 Å². The smallest absolute Gasteiger partial charge is 0.103 e. The normalized spacial score (nSPS) is 26.8. The summed E-state index contributed by atoms with van der Waals surface area (Å²) in [6.07, 6.45) is 0.816. The molecule has 1 aromatic carbocycles. The van der Waals surface area contributed by atoms with Gasteiger partial charge in [0.2, 0.25) is 0 Å². The maximum Gasteiger partial charge on any atom is 0.103 e. The average molecular weight is 200 g/mol. The maximum absolute atomic E-state index is 10.1. The lowest BCUT2D eigenvalue weighted by atomic mass is 9.93. The second-order valence-corrected chi connectivity index (χ2v) is 3.32. The monoisotopic (exact) mass is 199 g/mol. The third-order valence-electron chi connectivity index (χ3n) is 2.44. The summed E-state index contributed by atoms with van der Waals surface area (Å²) in [5.74, 6) is 0. The molecule has 1 unspecified atom stereocenters. The Labute approximate surface area is 84.4 Å². The van der Waals surface area contributed by atoms with Gasteiger partial charge in [0.1, 0.15) is 5.60 Å². The minimum atomic E-state index is -0.624. The van der Waals surface area contributed by atoms with Gasteiger partial charge < -0.3 is 10.4 Å². The molecule has 2 nitrogen and oxygen atoms in total. The summed E-state index contributed by atoms with van der Waals surface area (Å²) in [7, 11) is 0. The fourth-order valence-electron chi connectivity index (χ4n) is 1.67. The molecule has 1 aromatic rings. The van der Waals surface area contributed by atoms with Crippen molar-refractivity contribution in [3.63, 3.8) is 0 Å². The van der Waals surface area contributed by atoms with Crippen LogP contribution in [0.2, 0.25) is 0 Å². The summed E-state index contributed by atoms with van der Waals surface area (Å²) in [5, 5.41) is 13.3. The molecule has 2 rings (SSSR count). The number of nitrogens with one attached hydrogen (secondary N) is 1. The molecular formula is C10H14ClNO. The van der Waals surface area contributed by atoms with Crippen molar-refractivity contribution in [1.29, 1.82) is 0 Å². The van der Waals surface area contributed by atoms with Crippen molar-refractivity contribution in [2.45, 2.75) is 12.0 Å². The van der Waals surface area contributed by atoms with E-state index in [2.05, 4.69) is 5.32 Å². The van der Waals surface area contributed by atoms with E-state index in [1.165, 1.54) is 0 Å². The highest BCUT2D eigenvalue weighted by atomic mass is 35.5. The number of benzene rings is 1. The van der Waals surface area contributed by atoms with E-state index in [9.17, 15) is 5.11 Å². The molecule has 72 valence electrons. The van der Waals surface area contributed by atoms with Gasteiger partial charge in [0.05, 0.1) is 0 Å². The van der Waals surface area contributed by atoms with E-state index in [0.717, 1.165) is 18.5 Å². The Balaban J connectivity index is 0.000000845. The fraction of sp³-hybridized carbons (Fsp3) is 0.400. The highest BCUT2D eigenvalue weighted by Crippen LogP contribution is 2.26. The molecular weight excluding hydrogens is 186 g/mol. The van der Waals surface area contributed by atoms with Gasteiger partial charge in [-0.25, -0.2) is 0 Å². The van der Waals surface area contributed by atoms with Gasteiger partial charge in [-0.1, -0.05) is 30.3 Å². The summed E-state index contributed by atoms with van der Waals surface area (Å²) in [6.45, 7) is 1.59. The summed E-state index contributed by atoms with van der Waals surface area (Å²) >= 11 is 0. The van der Waals surface area contributed by atoms with Crippen LogP contribution in [-0.4, -0.2) is 18.2 Å². The van der Waals surface area contributed by atoms with Gasteiger partial charge in [-0.15, -0.1) is 12.4 Å². The first-order chi connectivity index (χ1) is 5.81. The van der Waals surface area contributed by atoms with Crippen LogP contribution in [0.3, 0.4) is 0 Å². The van der Waals surface area contributed by atoms with Crippen molar-refractivity contribution < 1.29 is 5.11 Å². The molecule has 1 fully saturated rings. The van der Waals surface area contributed by atoms with Crippen molar-refractivity contribution in [2.24, 2.45) is 0 Å². The molecule has 1 aliphatic heterocycles. The molecule has 1 heterocycles. The molecule has 0 bridgehead atoms. The fourth-order valence-corrected chi connectivity index (χ4v) is 1.67. The van der Waals surface area contributed by atoms with E-state index in [4.69, 9.17) is 0 Å². The maximum atomic E-state index is 10.1.